The molecule has 0 unspecified atom stereocenters. The van der Waals surface area contributed by atoms with Crippen LogP contribution in [0.25, 0.3) is 11.1 Å². The summed E-state index contributed by atoms with van der Waals surface area (Å²) in [5.41, 5.74) is 4.54. The fourth-order valence-corrected chi connectivity index (χ4v) is 3.13. The molecule has 1 aromatic heterocycles. The van der Waals surface area contributed by atoms with Crippen molar-refractivity contribution >= 4 is 16.8 Å². The van der Waals surface area contributed by atoms with E-state index in [1.807, 2.05) is 24.3 Å². The standard InChI is InChI=1S/C18H18N2O/c1-13-10-11-14-6-2-4-8-16(14)20(13)12-18-19-15-7-3-5-9-17(15)21-18/h2-9,13H,10-12H2,1H3/t13-/m0/s1. The van der Waals surface area contributed by atoms with Crippen molar-refractivity contribution < 1.29 is 4.42 Å². The lowest BCUT2D eigenvalue weighted by atomic mass is 9.97. The summed E-state index contributed by atoms with van der Waals surface area (Å²) >= 11 is 0. The molecule has 3 nitrogen and oxygen atoms in total. The summed E-state index contributed by atoms with van der Waals surface area (Å²) in [6.07, 6.45) is 2.33. The maximum atomic E-state index is 5.88. The zero-order valence-corrected chi connectivity index (χ0v) is 12.1. The molecule has 0 saturated carbocycles. The van der Waals surface area contributed by atoms with E-state index in [0.29, 0.717) is 6.04 Å². The van der Waals surface area contributed by atoms with E-state index in [4.69, 9.17) is 4.42 Å². The lowest BCUT2D eigenvalue weighted by Crippen LogP contribution is -2.36. The van der Waals surface area contributed by atoms with Gasteiger partial charge in [-0.05, 0) is 43.5 Å². The van der Waals surface area contributed by atoms with Crippen molar-refractivity contribution in [2.75, 3.05) is 4.90 Å². The summed E-state index contributed by atoms with van der Waals surface area (Å²) in [6.45, 7) is 3.01. The van der Waals surface area contributed by atoms with Gasteiger partial charge in [0.15, 0.2) is 5.58 Å². The molecule has 0 spiro atoms. The highest BCUT2D eigenvalue weighted by atomic mass is 16.3. The van der Waals surface area contributed by atoms with E-state index >= 15 is 0 Å². The second kappa shape index (κ2) is 4.92. The zero-order valence-electron chi connectivity index (χ0n) is 12.1. The summed E-state index contributed by atoms with van der Waals surface area (Å²) in [7, 11) is 0. The van der Waals surface area contributed by atoms with Crippen LogP contribution in [0.5, 0.6) is 0 Å². The monoisotopic (exact) mass is 278 g/mol. The Morgan fingerprint density at radius 1 is 1.14 bits per heavy atom. The van der Waals surface area contributed by atoms with Crippen molar-refractivity contribution in [3.63, 3.8) is 0 Å². The molecule has 0 saturated heterocycles. The molecule has 0 bridgehead atoms. The van der Waals surface area contributed by atoms with Crippen molar-refractivity contribution in [1.29, 1.82) is 0 Å². The van der Waals surface area contributed by atoms with Crippen LogP contribution in [0.1, 0.15) is 24.8 Å². The molecule has 1 aliphatic heterocycles. The molecule has 1 atom stereocenters. The van der Waals surface area contributed by atoms with Gasteiger partial charge in [-0.3, -0.25) is 0 Å². The van der Waals surface area contributed by atoms with E-state index in [0.717, 1.165) is 30.0 Å². The number of rotatable bonds is 2. The van der Waals surface area contributed by atoms with E-state index in [-0.39, 0.29) is 0 Å². The van der Waals surface area contributed by atoms with Crippen molar-refractivity contribution in [3.05, 3.63) is 60.0 Å². The fourth-order valence-electron chi connectivity index (χ4n) is 3.13. The summed E-state index contributed by atoms with van der Waals surface area (Å²) < 4.78 is 5.88. The average Bonchev–Trinajstić information content (AvgIpc) is 2.92. The van der Waals surface area contributed by atoms with E-state index in [2.05, 4.69) is 41.1 Å². The minimum Gasteiger partial charge on any atom is -0.439 e. The Kier molecular flexibility index (Phi) is 2.92. The quantitative estimate of drug-likeness (QED) is 0.704. The van der Waals surface area contributed by atoms with Crippen LogP contribution >= 0.6 is 0 Å². The summed E-state index contributed by atoms with van der Waals surface area (Å²) in [5.74, 6) is 0.791. The van der Waals surface area contributed by atoms with E-state index < -0.39 is 0 Å². The van der Waals surface area contributed by atoms with E-state index in [1.165, 1.54) is 17.7 Å². The molecule has 0 N–H and O–H groups in total. The number of aromatic nitrogens is 1. The highest BCUT2D eigenvalue weighted by Gasteiger charge is 2.24. The molecule has 3 aromatic rings. The minimum absolute atomic E-state index is 0.509. The Morgan fingerprint density at radius 2 is 1.95 bits per heavy atom. The van der Waals surface area contributed by atoms with Crippen LogP contribution in [0.15, 0.2) is 52.9 Å². The molecular formula is C18H18N2O. The van der Waals surface area contributed by atoms with Crippen molar-refractivity contribution in [2.24, 2.45) is 0 Å². The number of hydrogen-bond donors (Lipinski definition) is 0. The van der Waals surface area contributed by atoms with Gasteiger partial charge < -0.3 is 9.32 Å². The van der Waals surface area contributed by atoms with Crippen LogP contribution in [-0.2, 0) is 13.0 Å². The zero-order chi connectivity index (χ0) is 14.2. The van der Waals surface area contributed by atoms with Crippen molar-refractivity contribution in [3.8, 4) is 0 Å². The van der Waals surface area contributed by atoms with Gasteiger partial charge in [-0.25, -0.2) is 4.98 Å². The molecule has 2 heterocycles. The lowest BCUT2D eigenvalue weighted by molar-refractivity contribution is 0.482. The van der Waals surface area contributed by atoms with Gasteiger partial charge in [-0.1, -0.05) is 30.3 Å². The second-order valence-corrected chi connectivity index (χ2v) is 5.72. The molecule has 3 heteroatoms. The van der Waals surface area contributed by atoms with Gasteiger partial charge in [0, 0.05) is 11.7 Å². The lowest BCUT2D eigenvalue weighted by Gasteiger charge is -2.36. The van der Waals surface area contributed by atoms with Gasteiger partial charge >= 0.3 is 0 Å². The Morgan fingerprint density at radius 3 is 2.86 bits per heavy atom. The third-order valence-electron chi connectivity index (χ3n) is 4.31. The highest BCUT2D eigenvalue weighted by molar-refractivity contribution is 5.72. The maximum Gasteiger partial charge on any atom is 0.215 e. The predicted octanol–water partition coefficient (Wildman–Crippen LogP) is 4.17. The molecule has 4 rings (SSSR count). The Bertz CT molecular complexity index is 744. The Balaban J connectivity index is 1.69. The van der Waals surface area contributed by atoms with E-state index in [1.54, 1.807) is 0 Å². The normalized spacial score (nSPS) is 18.0. The van der Waals surface area contributed by atoms with E-state index in [9.17, 15) is 0 Å². The topological polar surface area (TPSA) is 29.3 Å². The molecular weight excluding hydrogens is 260 g/mol. The first-order valence-electron chi connectivity index (χ1n) is 7.50. The second-order valence-electron chi connectivity index (χ2n) is 5.72. The third-order valence-corrected chi connectivity index (χ3v) is 4.31. The number of aryl methyl sites for hydroxylation is 1. The number of hydrogen-bond acceptors (Lipinski definition) is 3. The van der Waals surface area contributed by atoms with Crippen LogP contribution in [-0.4, -0.2) is 11.0 Å². The van der Waals surface area contributed by atoms with Gasteiger partial charge in [-0.2, -0.15) is 0 Å². The summed E-state index contributed by atoms with van der Waals surface area (Å²) in [5, 5.41) is 0. The third kappa shape index (κ3) is 2.19. The number of fused-ring (bicyclic) bond motifs is 2. The Hall–Kier alpha value is -2.29. The molecule has 106 valence electrons. The van der Waals surface area contributed by atoms with Crippen LogP contribution in [0, 0.1) is 0 Å². The highest BCUT2D eigenvalue weighted by Crippen LogP contribution is 2.32. The van der Waals surface area contributed by atoms with Gasteiger partial charge in [0.2, 0.25) is 5.89 Å². The largest absolute Gasteiger partial charge is 0.439 e. The van der Waals surface area contributed by atoms with Gasteiger partial charge in [-0.15, -0.1) is 0 Å². The number of nitrogens with zero attached hydrogens (tertiary/aromatic N) is 2. The molecule has 0 fully saturated rings. The molecule has 0 aliphatic carbocycles. The maximum absolute atomic E-state index is 5.88. The molecule has 0 radical (unpaired) electrons. The molecule has 1 aliphatic rings. The van der Waals surface area contributed by atoms with Crippen molar-refractivity contribution in [1.82, 2.24) is 4.98 Å². The molecule has 2 aromatic carbocycles. The number of para-hydroxylation sites is 3. The molecule has 21 heavy (non-hydrogen) atoms. The van der Waals surface area contributed by atoms with Gasteiger partial charge in [0.25, 0.3) is 0 Å². The first kappa shape index (κ1) is 12.5. The summed E-state index contributed by atoms with van der Waals surface area (Å²) in [4.78, 5) is 7.01. The number of oxazole rings is 1. The van der Waals surface area contributed by atoms with Crippen LogP contribution in [0.4, 0.5) is 5.69 Å². The van der Waals surface area contributed by atoms with Gasteiger partial charge in [0.1, 0.15) is 5.52 Å². The van der Waals surface area contributed by atoms with Gasteiger partial charge in [0.05, 0.1) is 6.54 Å². The first-order valence-corrected chi connectivity index (χ1v) is 7.50. The SMILES string of the molecule is C[C@H]1CCc2ccccc2N1Cc1nc2ccccc2o1. The number of benzene rings is 2. The molecule has 0 amide bonds. The van der Waals surface area contributed by atoms with Crippen molar-refractivity contribution in [2.45, 2.75) is 32.4 Å². The summed E-state index contributed by atoms with van der Waals surface area (Å²) in [6, 6.07) is 17.1. The van der Waals surface area contributed by atoms with Crippen LogP contribution < -0.4 is 4.90 Å². The first-order chi connectivity index (χ1) is 10.3. The fraction of sp³-hybridized carbons (Fsp3) is 0.278. The smallest absolute Gasteiger partial charge is 0.215 e. The minimum atomic E-state index is 0.509. The average molecular weight is 278 g/mol. The predicted molar refractivity (Wildman–Crippen MR) is 84.4 cm³/mol. The number of anilines is 1. The van der Waals surface area contributed by atoms with Crippen LogP contribution in [0.2, 0.25) is 0 Å². The van der Waals surface area contributed by atoms with Crippen LogP contribution in [0.3, 0.4) is 0 Å². The Labute approximate surface area is 124 Å².